The molecule has 18 heavy (non-hydrogen) atoms. The van der Waals surface area contributed by atoms with Gasteiger partial charge in [-0.2, -0.15) is 17.0 Å². The smallest absolute Gasteiger partial charge is 0.201 e. The summed E-state index contributed by atoms with van der Waals surface area (Å²) < 4.78 is 2.05. The number of benzene rings is 1. The highest BCUT2D eigenvalue weighted by molar-refractivity contribution is 7.99. The molecule has 0 saturated carbocycles. The Morgan fingerprint density at radius 3 is 3.17 bits per heavy atom. The first kappa shape index (κ1) is 11.4. The van der Waals surface area contributed by atoms with E-state index in [4.69, 9.17) is 11.0 Å². The zero-order valence-electron chi connectivity index (χ0n) is 9.97. The number of hydrogen-bond donors (Lipinski definition) is 1. The fourth-order valence-electron chi connectivity index (χ4n) is 2.43. The Morgan fingerprint density at radius 1 is 1.56 bits per heavy atom. The number of nitrogen functional groups attached to an aromatic ring is 1. The highest BCUT2D eigenvalue weighted by Crippen LogP contribution is 2.28. The van der Waals surface area contributed by atoms with Crippen LogP contribution in [0.4, 0.5) is 5.95 Å². The fraction of sp³-hybridized carbons (Fsp3) is 0.385. The van der Waals surface area contributed by atoms with Crippen molar-refractivity contribution in [3.63, 3.8) is 0 Å². The number of imidazole rings is 1. The van der Waals surface area contributed by atoms with Gasteiger partial charge in [0.25, 0.3) is 0 Å². The predicted octanol–water partition coefficient (Wildman–Crippen LogP) is 2.24. The SMILES string of the molecule is N#Cc1cccc2c1nc(N)n2CC1CCSC1. The van der Waals surface area contributed by atoms with Gasteiger partial charge in [-0.05, 0) is 36.0 Å². The molecule has 1 aromatic carbocycles. The number of rotatable bonds is 2. The first-order valence-electron chi connectivity index (χ1n) is 6.02. The predicted molar refractivity (Wildman–Crippen MR) is 74.3 cm³/mol. The number of nitrogens with two attached hydrogens (primary N) is 1. The lowest BCUT2D eigenvalue weighted by atomic mass is 10.1. The van der Waals surface area contributed by atoms with E-state index in [0.29, 0.717) is 17.4 Å². The lowest BCUT2D eigenvalue weighted by Gasteiger charge is -2.11. The summed E-state index contributed by atoms with van der Waals surface area (Å²) in [6, 6.07) is 7.83. The normalized spacial score (nSPS) is 19.2. The molecule has 1 aliphatic rings. The quantitative estimate of drug-likeness (QED) is 0.897. The third-order valence-electron chi connectivity index (χ3n) is 3.39. The molecule has 3 rings (SSSR count). The summed E-state index contributed by atoms with van der Waals surface area (Å²) in [5.74, 6) is 3.61. The molecular weight excluding hydrogens is 244 g/mol. The number of fused-ring (bicyclic) bond motifs is 1. The van der Waals surface area contributed by atoms with Crippen LogP contribution in [-0.4, -0.2) is 21.1 Å². The number of aromatic nitrogens is 2. The van der Waals surface area contributed by atoms with E-state index < -0.39 is 0 Å². The summed E-state index contributed by atoms with van der Waals surface area (Å²) in [5.41, 5.74) is 8.29. The molecule has 1 saturated heterocycles. The third kappa shape index (κ3) is 1.83. The zero-order chi connectivity index (χ0) is 12.5. The topological polar surface area (TPSA) is 67.6 Å². The molecule has 1 atom stereocenters. The van der Waals surface area contributed by atoms with Gasteiger partial charge in [0.1, 0.15) is 11.6 Å². The van der Waals surface area contributed by atoms with Gasteiger partial charge in [0.15, 0.2) is 0 Å². The van der Waals surface area contributed by atoms with Crippen LogP contribution in [-0.2, 0) is 6.54 Å². The van der Waals surface area contributed by atoms with Crippen molar-refractivity contribution < 1.29 is 0 Å². The minimum atomic E-state index is 0.518. The number of anilines is 1. The van der Waals surface area contributed by atoms with Crippen molar-refractivity contribution in [2.24, 2.45) is 5.92 Å². The molecule has 4 nitrogen and oxygen atoms in total. The van der Waals surface area contributed by atoms with Crippen molar-refractivity contribution in [2.45, 2.75) is 13.0 Å². The summed E-state index contributed by atoms with van der Waals surface area (Å²) in [7, 11) is 0. The second kappa shape index (κ2) is 4.54. The van der Waals surface area contributed by atoms with E-state index in [2.05, 4.69) is 11.1 Å². The van der Waals surface area contributed by atoms with Gasteiger partial charge in [0.05, 0.1) is 11.1 Å². The van der Waals surface area contributed by atoms with Crippen LogP contribution in [0.1, 0.15) is 12.0 Å². The van der Waals surface area contributed by atoms with Crippen LogP contribution in [0.3, 0.4) is 0 Å². The first-order valence-corrected chi connectivity index (χ1v) is 7.17. The average Bonchev–Trinajstić information content (AvgIpc) is 2.99. The van der Waals surface area contributed by atoms with E-state index >= 15 is 0 Å². The lowest BCUT2D eigenvalue weighted by Crippen LogP contribution is -2.12. The lowest BCUT2D eigenvalue weighted by molar-refractivity contribution is 0.505. The molecule has 1 aromatic heterocycles. The molecule has 0 radical (unpaired) electrons. The van der Waals surface area contributed by atoms with Crippen LogP contribution in [0, 0.1) is 17.2 Å². The Labute approximate surface area is 110 Å². The largest absolute Gasteiger partial charge is 0.369 e. The highest BCUT2D eigenvalue weighted by Gasteiger charge is 2.19. The van der Waals surface area contributed by atoms with Crippen LogP contribution in [0.5, 0.6) is 0 Å². The Bertz CT molecular complexity index is 620. The number of nitrogens with zero attached hydrogens (tertiary/aromatic N) is 3. The number of hydrogen-bond acceptors (Lipinski definition) is 4. The summed E-state index contributed by atoms with van der Waals surface area (Å²) in [4.78, 5) is 4.34. The van der Waals surface area contributed by atoms with Gasteiger partial charge in [-0.3, -0.25) is 0 Å². The molecule has 0 bridgehead atoms. The van der Waals surface area contributed by atoms with Crippen molar-refractivity contribution in [3.8, 4) is 6.07 Å². The van der Waals surface area contributed by atoms with E-state index in [9.17, 15) is 0 Å². The first-order chi connectivity index (χ1) is 8.79. The van der Waals surface area contributed by atoms with Crippen LogP contribution < -0.4 is 5.73 Å². The summed E-state index contributed by atoms with van der Waals surface area (Å²) >= 11 is 2.00. The van der Waals surface area contributed by atoms with Gasteiger partial charge in [0, 0.05) is 6.54 Å². The Balaban J connectivity index is 2.06. The molecule has 0 amide bonds. The van der Waals surface area contributed by atoms with Gasteiger partial charge in [-0.25, -0.2) is 4.98 Å². The maximum atomic E-state index is 9.08. The highest BCUT2D eigenvalue weighted by atomic mass is 32.2. The number of nitriles is 1. The standard InChI is InChI=1S/C13H14N4S/c14-6-10-2-1-3-11-12(10)16-13(15)17(11)7-9-4-5-18-8-9/h1-3,9H,4-5,7-8H2,(H2,15,16). The second-order valence-electron chi connectivity index (χ2n) is 4.60. The molecule has 1 aliphatic heterocycles. The average molecular weight is 258 g/mol. The minimum Gasteiger partial charge on any atom is -0.369 e. The van der Waals surface area contributed by atoms with Crippen molar-refractivity contribution in [1.82, 2.24) is 9.55 Å². The molecule has 0 aliphatic carbocycles. The minimum absolute atomic E-state index is 0.518. The third-order valence-corrected chi connectivity index (χ3v) is 4.63. The van der Waals surface area contributed by atoms with Gasteiger partial charge >= 0.3 is 0 Å². The van der Waals surface area contributed by atoms with Gasteiger partial charge < -0.3 is 10.3 Å². The molecule has 5 heteroatoms. The molecule has 1 fully saturated rings. The van der Waals surface area contributed by atoms with Gasteiger partial charge in [-0.1, -0.05) is 6.07 Å². The maximum absolute atomic E-state index is 9.08. The van der Waals surface area contributed by atoms with E-state index in [0.717, 1.165) is 17.6 Å². The zero-order valence-corrected chi connectivity index (χ0v) is 10.8. The molecule has 2 N–H and O–H groups in total. The molecule has 1 unspecified atom stereocenters. The van der Waals surface area contributed by atoms with E-state index in [1.165, 1.54) is 17.9 Å². The molecule has 2 heterocycles. The van der Waals surface area contributed by atoms with Crippen molar-refractivity contribution in [1.29, 1.82) is 5.26 Å². The second-order valence-corrected chi connectivity index (χ2v) is 5.75. The Morgan fingerprint density at radius 2 is 2.44 bits per heavy atom. The van der Waals surface area contributed by atoms with E-state index in [1.54, 1.807) is 6.07 Å². The monoisotopic (exact) mass is 258 g/mol. The van der Waals surface area contributed by atoms with Gasteiger partial charge in [0.2, 0.25) is 5.95 Å². The summed E-state index contributed by atoms with van der Waals surface area (Å²) in [6.45, 7) is 0.907. The fourth-order valence-corrected chi connectivity index (χ4v) is 3.70. The Hall–Kier alpha value is -1.67. The van der Waals surface area contributed by atoms with Crippen molar-refractivity contribution in [3.05, 3.63) is 23.8 Å². The van der Waals surface area contributed by atoms with Crippen molar-refractivity contribution in [2.75, 3.05) is 17.2 Å². The van der Waals surface area contributed by atoms with Crippen LogP contribution in [0.15, 0.2) is 18.2 Å². The summed E-state index contributed by atoms with van der Waals surface area (Å²) in [6.07, 6.45) is 1.24. The summed E-state index contributed by atoms with van der Waals surface area (Å²) in [5, 5.41) is 9.08. The molecular formula is C13H14N4S. The van der Waals surface area contributed by atoms with Gasteiger partial charge in [-0.15, -0.1) is 0 Å². The maximum Gasteiger partial charge on any atom is 0.201 e. The van der Waals surface area contributed by atoms with E-state index in [-0.39, 0.29) is 0 Å². The number of thioether (sulfide) groups is 1. The van der Waals surface area contributed by atoms with E-state index in [1.807, 2.05) is 28.5 Å². The van der Waals surface area contributed by atoms with Crippen LogP contribution in [0.2, 0.25) is 0 Å². The Kier molecular flexibility index (Phi) is 2.88. The molecule has 2 aromatic rings. The molecule has 92 valence electrons. The van der Waals surface area contributed by atoms with Crippen molar-refractivity contribution >= 4 is 28.7 Å². The van der Waals surface area contributed by atoms with Crippen LogP contribution in [0.25, 0.3) is 11.0 Å². The van der Waals surface area contributed by atoms with Crippen LogP contribution >= 0.6 is 11.8 Å². The number of para-hydroxylation sites is 1. The molecule has 0 spiro atoms.